The lowest BCUT2D eigenvalue weighted by Gasteiger charge is -2.29. The number of hydrogen-bond acceptors (Lipinski definition) is 5. The van der Waals surface area contributed by atoms with Crippen LogP contribution in [-0.2, 0) is 22.5 Å². The molecule has 0 bridgehead atoms. The van der Waals surface area contributed by atoms with Gasteiger partial charge in [-0.15, -0.1) is 0 Å². The molecule has 4 rings (SSSR count). The second-order valence-corrected chi connectivity index (χ2v) is 7.40. The van der Waals surface area contributed by atoms with E-state index >= 15 is 0 Å². The molecule has 2 unspecified atom stereocenters. The van der Waals surface area contributed by atoms with Crippen LogP contribution >= 0.6 is 0 Å². The number of rotatable bonds is 2. The average molecular weight is 347 g/mol. The largest absolute Gasteiger partial charge is 0.437 e. The summed E-state index contributed by atoms with van der Waals surface area (Å²) in [6, 6.07) is 0. The zero-order chi connectivity index (χ0) is 17.4. The van der Waals surface area contributed by atoms with Crippen LogP contribution in [0.4, 0.5) is 0 Å². The smallest absolute Gasteiger partial charge is 0.309 e. The highest BCUT2D eigenvalue weighted by atomic mass is 16.5. The third kappa shape index (κ3) is 3.29. The van der Waals surface area contributed by atoms with Gasteiger partial charge in [-0.3, -0.25) is 9.59 Å². The van der Waals surface area contributed by atoms with E-state index in [0.29, 0.717) is 37.7 Å². The Bertz CT molecular complexity index is 665. The van der Waals surface area contributed by atoms with Gasteiger partial charge in [-0.2, -0.15) is 0 Å². The number of piperidine rings is 1. The Hall–Kier alpha value is -1.89. The van der Waals surface area contributed by atoms with Crippen molar-refractivity contribution in [3.8, 4) is 0 Å². The lowest BCUT2D eigenvalue weighted by atomic mass is 10.0. The third-order valence-electron chi connectivity index (χ3n) is 5.37. The summed E-state index contributed by atoms with van der Waals surface area (Å²) in [7, 11) is 0. The van der Waals surface area contributed by atoms with Crippen LogP contribution in [0, 0.1) is 5.92 Å². The SMILES string of the molecule is CC1CCCN(C(=O)c2nc3c(o2)CCN(C(=O)C2CCCO2)C3)C1. The van der Waals surface area contributed by atoms with Gasteiger partial charge in [0.25, 0.3) is 11.8 Å². The van der Waals surface area contributed by atoms with E-state index in [4.69, 9.17) is 9.15 Å². The fraction of sp³-hybridized carbons (Fsp3) is 0.722. The number of carbonyl (C=O) groups excluding carboxylic acids is 2. The Morgan fingerprint density at radius 2 is 2.04 bits per heavy atom. The van der Waals surface area contributed by atoms with Crippen LogP contribution in [0.25, 0.3) is 0 Å². The molecule has 0 N–H and O–H groups in total. The predicted octanol–water partition coefficient (Wildman–Crippen LogP) is 1.61. The predicted molar refractivity (Wildman–Crippen MR) is 88.9 cm³/mol. The standard InChI is InChI=1S/C18H25N3O4/c1-12-4-2-7-20(10-12)18(23)16-19-13-11-21(8-6-14(13)25-16)17(22)15-5-3-9-24-15/h12,15H,2-11H2,1H3. The van der Waals surface area contributed by atoms with Crippen molar-refractivity contribution in [1.82, 2.24) is 14.8 Å². The van der Waals surface area contributed by atoms with Crippen molar-refractivity contribution < 1.29 is 18.7 Å². The lowest BCUT2D eigenvalue weighted by molar-refractivity contribution is -0.142. The topological polar surface area (TPSA) is 75.9 Å². The van der Waals surface area contributed by atoms with Crippen molar-refractivity contribution >= 4 is 11.8 Å². The van der Waals surface area contributed by atoms with Crippen molar-refractivity contribution in [2.24, 2.45) is 5.92 Å². The van der Waals surface area contributed by atoms with Gasteiger partial charge in [0.2, 0.25) is 0 Å². The first-order valence-electron chi connectivity index (χ1n) is 9.30. The molecule has 0 aromatic carbocycles. The van der Waals surface area contributed by atoms with Crippen LogP contribution in [0.3, 0.4) is 0 Å². The minimum Gasteiger partial charge on any atom is -0.437 e. The summed E-state index contributed by atoms with van der Waals surface area (Å²) in [4.78, 5) is 33.2. The first-order chi connectivity index (χ1) is 12.1. The van der Waals surface area contributed by atoms with E-state index in [2.05, 4.69) is 11.9 Å². The molecule has 0 radical (unpaired) electrons. The molecule has 0 aliphatic carbocycles. The van der Waals surface area contributed by atoms with Crippen molar-refractivity contribution in [2.75, 3.05) is 26.2 Å². The molecule has 1 aromatic rings. The molecular formula is C18H25N3O4. The van der Waals surface area contributed by atoms with Crippen molar-refractivity contribution in [3.63, 3.8) is 0 Å². The number of nitrogens with zero attached hydrogens (tertiary/aromatic N) is 3. The molecule has 25 heavy (non-hydrogen) atoms. The van der Waals surface area contributed by atoms with E-state index in [0.717, 1.165) is 44.5 Å². The summed E-state index contributed by atoms with van der Waals surface area (Å²) < 4.78 is 11.2. The van der Waals surface area contributed by atoms with Gasteiger partial charge in [-0.25, -0.2) is 4.98 Å². The molecule has 0 saturated carbocycles. The summed E-state index contributed by atoms with van der Waals surface area (Å²) in [6.07, 6.45) is 4.20. The number of carbonyl (C=O) groups is 2. The summed E-state index contributed by atoms with van der Waals surface area (Å²) in [5.74, 6) is 1.33. The number of hydrogen-bond donors (Lipinski definition) is 0. The van der Waals surface area contributed by atoms with Gasteiger partial charge in [0, 0.05) is 32.7 Å². The third-order valence-corrected chi connectivity index (χ3v) is 5.37. The van der Waals surface area contributed by atoms with Crippen molar-refractivity contribution in [1.29, 1.82) is 0 Å². The minimum atomic E-state index is -0.315. The van der Waals surface area contributed by atoms with Gasteiger partial charge < -0.3 is 19.0 Å². The van der Waals surface area contributed by atoms with E-state index in [1.807, 2.05) is 4.90 Å². The van der Waals surface area contributed by atoms with Gasteiger partial charge >= 0.3 is 5.91 Å². The van der Waals surface area contributed by atoms with Crippen LogP contribution in [0.15, 0.2) is 4.42 Å². The highest BCUT2D eigenvalue weighted by Crippen LogP contribution is 2.24. The zero-order valence-electron chi connectivity index (χ0n) is 14.7. The average Bonchev–Trinajstić information content (AvgIpc) is 3.29. The Labute approximate surface area is 147 Å². The second kappa shape index (κ2) is 6.78. The molecule has 4 heterocycles. The molecule has 7 nitrogen and oxygen atoms in total. The molecule has 3 aliphatic rings. The van der Waals surface area contributed by atoms with Crippen LogP contribution < -0.4 is 0 Å². The van der Waals surface area contributed by atoms with Crippen molar-refractivity contribution in [2.45, 2.75) is 51.7 Å². The number of likely N-dealkylation sites (tertiary alicyclic amines) is 1. The van der Waals surface area contributed by atoms with E-state index < -0.39 is 0 Å². The van der Waals surface area contributed by atoms with Gasteiger partial charge in [-0.05, 0) is 31.6 Å². The first-order valence-corrected chi connectivity index (χ1v) is 9.30. The Balaban J connectivity index is 1.45. The maximum atomic E-state index is 12.7. The summed E-state index contributed by atoms with van der Waals surface area (Å²) in [5, 5.41) is 0. The number of oxazole rings is 1. The van der Waals surface area contributed by atoms with Crippen LogP contribution in [0.2, 0.25) is 0 Å². The van der Waals surface area contributed by atoms with E-state index in [9.17, 15) is 9.59 Å². The number of fused-ring (bicyclic) bond motifs is 1. The van der Waals surface area contributed by atoms with E-state index in [-0.39, 0.29) is 23.8 Å². The van der Waals surface area contributed by atoms with E-state index in [1.165, 1.54) is 0 Å². The molecule has 0 spiro atoms. The van der Waals surface area contributed by atoms with Crippen LogP contribution in [-0.4, -0.2) is 58.9 Å². The molecule has 1 aromatic heterocycles. The molecular weight excluding hydrogens is 322 g/mol. The maximum Gasteiger partial charge on any atom is 0.309 e. The number of amides is 2. The molecule has 2 amide bonds. The monoisotopic (exact) mass is 347 g/mol. The quantitative estimate of drug-likeness (QED) is 0.812. The molecule has 7 heteroatoms. The van der Waals surface area contributed by atoms with Crippen molar-refractivity contribution in [3.05, 3.63) is 17.3 Å². The summed E-state index contributed by atoms with van der Waals surface area (Å²) in [6.45, 7) is 5.34. The zero-order valence-corrected chi connectivity index (χ0v) is 14.7. The van der Waals surface area contributed by atoms with Gasteiger partial charge in [0.1, 0.15) is 17.6 Å². The Kier molecular flexibility index (Phi) is 4.50. The van der Waals surface area contributed by atoms with Gasteiger partial charge in [0.05, 0.1) is 6.54 Å². The van der Waals surface area contributed by atoms with E-state index in [1.54, 1.807) is 4.90 Å². The number of ether oxygens (including phenoxy) is 1. The highest BCUT2D eigenvalue weighted by Gasteiger charge is 2.33. The highest BCUT2D eigenvalue weighted by molar-refractivity contribution is 5.90. The Morgan fingerprint density at radius 1 is 1.16 bits per heavy atom. The normalized spacial score (nSPS) is 26.6. The fourth-order valence-electron chi connectivity index (χ4n) is 3.96. The molecule has 3 aliphatic heterocycles. The summed E-state index contributed by atoms with van der Waals surface area (Å²) in [5.41, 5.74) is 0.714. The summed E-state index contributed by atoms with van der Waals surface area (Å²) >= 11 is 0. The minimum absolute atomic E-state index is 0.0314. The Morgan fingerprint density at radius 3 is 2.80 bits per heavy atom. The van der Waals surface area contributed by atoms with Gasteiger partial charge in [0.15, 0.2) is 0 Å². The molecule has 2 atom stereocenters. The second-order valence-electron chi connectivity index (χ2n) is 7.40. The van der Waals surface area contributed by atoms with Gasteiger partial charge in [-0.1, -0.05) is 6.92 Å². The lowest BCUT2D eigenvalue weighted by Crippen LogP contribution is -2.41. The first kappa shape index (κ1) is 16.6. The maximum absolute atomic E-state index is 12.7. The van der Waals surface area contributed by atoms with Crippen LogP contribution in [0.1, 0.15) is 54.7 Å². The fourth-order valence-corrected chi connectivity index (χ4v) is 3.96. The molecule has 2 fully saturated rings. The molecule has 136 valence electrons. The number of aromatic nitrogens is 1. The molecule has 2 saturated heterocycles. The van der Waals surface area contributed by atoms with Crippen LogP contribution in [0.5, 0.6) is 0 Å².